The number of benzene rings is 1. The van der Waals surface area contributed by atoms with Crippen LogP contribution in [0.4, 0.5) is 15.8 Å². The fraction of sp³-hybridized carbons (Fsp3) is 0.538. The van der Waals surface area contributed by atoms with E-state index in [-0.39, 0.29) is 16.9 Å². The van der Waals surface area contributed by atoms with Crippen LogP contribution in [0.3, 0.4) is 0 Å². The van der Waals surface area contributed by atoms with E-state index in [0.717, 1.165) is 6.07 Å². The van der Waals surface area contributed by atoms with Gasteiger partial charge in [-0.3, -0.25) is 10.1 Å². The molecule has 0 radical (unpaired) electrons. The first-order chi connectivity index (χ1) is 9.21. The Hall–Kier alpha value is -1.89. The molecular formula is C13H20FN3O3. The van der Waals surface area contributed by atoms with E-state index in [4.69, 9.17) is 10.5 Å². The fourth-order valence-corrected chi connectivity index (χ4v) is 1.93. The molecule has 0 saturated carbocycles. The molecule has 1 aromatic rings. The van der Waals surface area contributed by atoms with E-state index >= 15 is 0 Å². The molecule has 1 rings (SSSR count). The number of nitrogens with two attached hydrogens (primary N) is 1. The van der Waals surface area contributed by atoms with Crippen LogP contribution in [0.25, 0.3) is 0 Å². The van der Waals surface area contributed by atoms with Gasteiger partial charge in [-0.05, 0) is 12.0 Å². The lowest BCUT2D eigenvalue weighted by molar-refractivity contribution is -0.384. The van der Waals surface area contributed by atoms with Gasteiger partial charge in [-0.1, -0.05) is 13.8 Å². The van der Waals surface area contributed by atoms with E-state index in [1.807, 2.05) is 13.8 Å². The second kappa shape index (κ2) is 6.04. The highest BCUT2D eigenvalue weighted by Gasteiger charge is 2.25. The molecule has 112 valence electrons. The molecule has 0 aliphatic carbocycles. The van der Waals surface area contributed by atoms with Crippen LogP contribution in [0.5, 0.6) is 5.75 Å². The number of ether oxygens (including phenoxy) is 1. The summed E-state index contributed by atoms with van der Waals surface area (Å²) in [6.07, 6.45) is 0. The number of hydrogen-bond acceptors (Lipinski definition) is 5. The number of rotatable bonds is 6. The lowest BCUT2D eigenvalue weighted by Gasteiger charge is -2.30. The molecule has 0 aliphatic heterocycles. The van der Waals surface area contributed by atoms with Gasteiger partial charge in [0.25, 0.3) is 5.69 Å². The minimum Gasteiger partial charge on any atom is -0.494 e. The first-order valence-corrected chi connectivity index (χ1v) is 6.15. The Labute approximate surface area is 117 Å². The summed E-state index contributed by atoms with van der Waals surface area (Å²) in [4.78, 5) is 12.1. The molecule has 0 heterocycles. The van der Waals surface area contributed by atoms with Crippen molar-refractivity contribution in [2.24, 2.45) is 11.1 Å². The van der Waals surface area contributed by atoms with Crippen LogP contribution < -0.4 is 15.4 Å². The van der Waals surface area contributed by atoms with Gasteiger partial charge >= 0.3 is 0 Å². The third-order valence-corrected chi connectivity index (χ3v) is 3.07. The van der Waals surface area contributed by atoms with E-state index < -0.39 is 10.7 Å². The van der Waals surface area contributed by atoms with Crippen LogP contribution >= 0.6 is 0 Å². The number of halogens is 1. The van der Waals surface area contributed by atoms with Crippen LogP contribution in [0, 0.1) is 21.3 Å². The number of methoxy groups -OCH3 is 1. The predicted molar refractivity (Wildman–Crippen MR) is 75.7 cm³/mol. The van der Waals surface area contributed by atoms with Crippen LogP contribution in [0.2, 0.25) is 0 Å². The molecule has 0 unspecified atom stereocenters. The molecule has 0 amide bonds. The van der Waals surface area contributed by atoms with Crippen molar-refractivity contribution in [2.75, 3.05) is 32.1 Å². The molecule has 0 fully saturated rings. The Balaban J connectivity index is 3.24. The summed E-state index contributed by atoms with van der Waals surface area (Å²) in [7, 11) is 3.02. The smallest absolute Gasteiger partial charge is 0.295 e. The van der Waals surface area contributed by atoms with E-state index in [9.17, 15) is 14.5 Å². The van der Waals surface area contributed by atoms with Crippen LogP contribution in [-0.2, 0) is 0 Å². The average molecular weight is 285 g/mol. The van der Waals surface area contributed by atoms with Crippen molar-refractivity contribution in [2.45, 2.75) is 13.8 Å². The first kappa shape index (κ1) is 16.2. The number of nitrogens with zero attached hydrogens (tertiary/aromatic N) is 2. The van der Waals surface area contributed by atoms with Crippen molar-refractivity contribution in [3.63, 3.8) is 0 Å². The number of anilines is 1. The van der Waals surface area contributed by atoms with Crippen LogP contribution in [-0.4, -0.2) is 32.2 Å². The highest BCUT2D eigenvalue weighted by molar-refractivity contribution is 5.66. The summed E-state index contributed by atoms with van der Waals surface area (Å²) in [6.45, 7) is 4.84. The van der Waals surface area contributed by atoms with Gasteiger partial charge < -0.3 is 15.4 Å². The molecule has 2 N–H and O–H groups in total. The van der Waals surface area contributed by atoms with Gasteiger partial charge in [0.05, 0.1) is 18.1 Å². The molecule has 0 saturated heterocycles. The maximum Gasteiger partial charge on any atom is 0.295 e. The SMILES string of the molecule is COc1cc(N(C)CC(C)(C)CN)c([N+](=O)[O-])cc1F. The fourth-order valence-electron chi connectivity index (χ4n) is 1.93. The summed E-state index contributed by atoms with van der Waals surface area (Å²) in [5, 5.41) is 11.1. The van der Waals surface area contributed by atoms with Gasteiger partial charge in [0.2, 0.25) is 0 Å². The Morgan fingerprint density at radius 3 is 2.55 bits per heavy atom. The van der Waals surface area contributed by atoms with Crippen molar-refractivity contribution in [1.82, 2.24) is 0 Å². The predicted octanol–water partition coefficient (Wildman–Crippen LogP) is 2.16. The average Bonchev–Trinajstić information content (AvgIpc) is 2.37. The largest absolute Gasteiger partial charge is 0.494 e. The Kier molecular flexibility index (Phi) is 4.88. The standard InChI is InChI=1S/C13H20FN3O3/c1-13(2,7-15)8-16(3)10-6-12(20-4)9(14)5-11(10)17(18)19/h5-6H,7-8,15H2,1-4H3. The molecule has 0 aliphatic rings. The Morgan fingerprint density at radius 2 is 2.10 bits per heavy atom. The maximum atomic E-state index is 13.6. The van der Waals surface area contributed by atoms with Crippen molar-refractivity contribution >= 4 is 11.4 Å². The first-order valence-electron chi connectivity index (χ1n) is 6.15. The second-order valence-corrected chi connectivity index (χ2v) is 5.46. The molecule has 0 bridgehead atoms. The summed E-state index contributed by atoms with van der Waals surface area (Å²) < 4.78 is 18.5. The second-order valence-electron chi connectivity index (χ2n) is 5.46. The monoisotopic (exact) mass is 285 g/mol. The Morgan fingerprint density at radius 1 is 1.50 bits per heavy atom. The molecule has 0 aromatic heterocycles. The minimum atomic E-state index is -0.755. The van der Waals surface area contributed by atoms with Gasteiger partial charge in [0, 0.05) is 19.7 Å². The Bertz CT molecular complexity index is 506. The van der Waals surface area contributed by atoms with Crippen molar-refractivity contribution in [3.05, 3.63) is 28.1 Å². The van der Waals surface area contributed by atoms with Gasteiger partial charge in [-0.15, -0.1) is 0 Å². The zero-order valence-corrected chi connectivity index (χ0v) is 12.1. The molecule has 20 heavy (non-hydrogen) atoms. The van der Waals surface area contributed by atoms with Crippen molar-refractivity contribution in [1.29, 1.82) is 0 Å². The highest BCUT2D eigenvalue weighted by atomic mass is 19.1. The number of nitro benzene ring substituents is 1. The lowest BCUT2D eigenvalue weighted by atomic mass is 9.93. The van der Waals surface area contributed by atoms with Gasteiger partial charge in [0.15, 0.2) is 11.6 Å². The normalized spacial score (nSPS) is 11.3. The van der Waals surface area contributed by atoms with Gasteiger partial charge in [0.1, 0.15) is 5.69 Å². The third kappa shape index (κ3) is 3.57. The molecule has 6 nitrogen and oxygen atoms in total. The van der Waals surface area contributed by atoms with E-state index in [2.05, 4.69) is 0 Å². The zero-order chi connectivity index (χ0) is 15.5. The quantitative estimate of drug-likeness (QED) is 0.640. The minimum absolute atomic E-state index is 0.0250. The molecule has 7 heteroatoms. The van der Waals surface area contributed by atoms with Crippen molar-refractivity contribution < 1.29 is 14.1 Å². The number of hydrogen-bond donors (Lipinski definition) is 1. The molecule has 0 spiro atoms. The summed E-state index contributed by atoms with van der Waals surface area (Å²) >= 11 is 0. The topological polar surface area (TPSA) is 81.6 Å². The maximum absolute atomic E-state index is 13.6. The molecular weight excluding hydrogens is 265 g/mol. The zero-order valence-electron chi connectivity index (χ0n) is 12.1. The van der Waals surface area contributed by atoms with Crippen LogP contribution in [0.1, 0.15) is 13.8 Å². The molecule has 0 atom stereocenters. The number of nitro groups is 1. The molecule has 1 aromatic carbocycles. The van der Waals surface area contributed by atoms with Gasteiger partial charge in [-0.25, -0.2) is 4.39 Å². The summed E-state index contributed by atoms with van der Waals surface area (Å²) in [5.41, 5.74) is 5.46. The highest BCUT2D eigenvalue weighted by Crippen LogP contribution is 2.35. The summed E-state index contributed by atoms with van der Waals surface area (Å²) in [5.74, 6) is -0.780. The van der Waals surface area contributed by atoms with Gasteiger partial charge in [-0.2, -0.15) is 0 Å². The van der Waals surface area contributed by atoms with E-state index in [1.165, 1.54) is 13.2 Å². The van der Waals surface area contributed by atoms with E-state index in [1.54, 1.807) is 11.9 Å². The van der Waals surface area contributed by atoms with Crippen molar-refractivity contribution in [3.8, 4) is 5.75 Å². The van der Waals surface area contributed by atoms with Crippen LogP contribution in [0.15, 0.2) is 12.1 Å². The summed E-state index contributed by atoms with van der Waals surface area (Å²) in [6, 6.07) is 2.21. The van der Waals surface area contributed by atoms with E-state index in [0.29, 0.717) is 18.8 Å². The lowest BCUT2D eigenvalue weighted by Crippen LogP contribution is -2.37. The third-order valence-electron chi connectivity index (χ3n) is 3.07.